The number of nitrogens with zero attached hydrogens (tertiary/aromatic N) is 1. The summed E-state index contributed by atoms with van der Waals surface area (Å²) in [6, 6.07) is 0. The van der Waals surface area contributed by atoms with E-state index in [-0.39, 0.29) is 11.7 Å². The lowest BCUT2D eigenvalue weighted by molar-refractivity contribution is 0.509. The van der Waals surface area contributed by atoms with E-state index in [0.29, 0.717) is 0 Å². The van der Waals surface area contributed by atoms with Crippen LogP contribution in [0.5, 0.6) is 0 Å². The van der Waals surface area contributed by atoms with Crippen LogP contribution >= 0.6 is 0 Å². The van der Waals surface area contributed by atoms with Gasteiger partial charge >= 0.3 is 0 Å². The van der Waals surface area contributed by atoms with Gasteiger partial charge in [-0.3, -0.25) is 10.7 Å². The zero-order chi connectivity index (χ0) is 8.48. The number of allylic oxidation sites excluding steroid dienone is 1. The number of nitrogens with one attached hydrogen (secondary N) is 1. The van der Waals surface area contributed by atoms with Gasteiger partial charge in [0.1, 0.15) is 0 Å². The van der Waals surface area contributed by atoms with Crippen LogP contribution in [0.2, 0.25) is 0 Å². The van der Waals surface area contributed by atoms with Crippen molar-refractivity contribution in [2.45, 2.75) is 27.1 Å². The molecule has 0 saturated heterocycles. The first-order valence-corrected chi connectivity index (χ1v) is 3.75. The number of hydrogen-bond acceptors (Lipinski definition) is 3. The summed E-state index contributed by atoms with van der Waals surface area (Å²) in [4.78, 5) is 4.05. The number of nitrogens with two attached hydrogens (primary N) is 1. The van der Waals surface area contributed by atoms with Crippen molar-refractivity contribution >= 4 is 6.21 Å². The van der Waals surface area contributed by atoms with E-state index < -0.39 is 0 Å². The van der Waals surface area contributed by atoms with Crippen LogP contribution in [0.15, 0.2) is 16.8 Å². The van der Waals surface area contributed by atoms with E-state index in [1.807, 2.05) is 12.4 Å². The maximum Gasteiger partial charge on any atom is 0.170 e. The summed E-state index contributed by atoms with van der Waals surface area (Å²) < 4.78 is 0. The molecule has 0 radical (unpaired) electrons. The lowest BCUT2D eigenvalue weighted by atomic mass is 9.87. The van der Waals surface area contributed by atoms with Gasteiger partial charge in [0.2, 0.25) is 0 Å². The first-order valence-electron chi connectivity index (χ1n) is 3.75. The second kappa shape index (κ2) is 2.66. The third-order valence-corrected chi connectivity index (χ3v) is 1.65. The number of aliphatic imine (C=N–C) groups is 1. The molecular formula is C8H15N3. The molecule has 62 valence electrons. The molecule has 1 heterocycles. The minimum absolute atomic E-state index is 0.149. The van der Waals surface area contributed by atoms with Crippen molar-refractivity contribution in [1.82, 2.24) is 5.32 Å². The molecule has 1 atom stereocenters. The molecule has 11 heavy (non-hydrogen) atoms. The van der Waals surface area contributed by atoms with Crippen molar-refractivity contribution < 1.29 is 0 Å². The summed E-state index contributed by atoms with van der Waals surface area (Å²) in [6.07, 6.45) is 3.50. The molecule has 0 fully saturated rings. The monoisotopic (exact) mass is 153 g/mol. The Hall–Kier alpha value is -0.830. The molecule has 0 aliphatic carbocycles. The molecule has 0 spiro atoms. The highest BCUT2D eigenvalue weighted by Gasteiger charge is 2.17. The molecule has 1 aliphatic heterocycles. The largest absolute Gasteiger partial charge is 0.358 e. The molecule has 3 N–H and O–H groups in total. The van der Waals surface area contributed by atoms with Crippen LogP contribution in [-0.4, -0.2) is 12.5 Å². The van der Waals surface area contributed by atoms with Crippen LogP contribution in [0.3, 0.4) is 0 Å². The van der Waals surface area contributed by atoms with Gasteiger partial charge in [0.05, 0.1) is 0 Å². The van der Waals surface area contributed by atoms with Gasteiger partial charge in [0, 0.05) is 12.4 Å². The summed E-state index contributed by atoms with van der Waals surface area (Å²) in [5.41, 5.74) is 6.82. The molecule has 1 rings (SSSR count). The molecule has 0 amide bonds. The van der Waals surface area contributed by atoms with E-state index in [0.717, 1.165) is 0 Å². The van der Waals surface area contributed by atoms with Crippen molar-refractivity contribution in [3.63, 3.8) is 0 Å². The zero-order valence-electron chi connectivity index (χ0n) is 7.26. The molecule has 0 aromatic carbocycles. The van der Waals surface area contributed by atoms with Crippen LogP contribution in [0, 0.1) is 5.41 Å². The van der Waals surface area contributed by atoms with Crippen molar-refractivity contribution in [2.24, 2.45) is 16.1 Å². The number of rotatable bonds is 0. The highest BCUT2D eigenvalue weighted by molar-refractivity contribution is 5.80. The van der Waals surface area contributed by atoms with Crippen molar-refractivity contribution in [2.75, 3.05) is 0 Å². The quantitative estimate of drug-likeness (QED) is 0.541. The van der Waals surface area contributed by atoms with Gasteiger partial charge in [-0.2, -0.15) is 0 Å². The minimum Gasteiger partial charge on any atom is -0.358 e. The van der Waals surface area contributed by atoms with E-state index in [1.165, 1.54) is 5.57 Å². The Morgan fingerprint density at radius 1 is 1.55 bits per heavy atom. The Kier molecular flexibility index (Phi) is 2.00. The van der Waals surface area contributed by atoms with E-state index in [1.54, 1.807) is 0 Å². The standard InChI is InChI=1S/C8H15N3/c1-8(2,3)6-4-10-7(9)11-5-6/h4-5,7,10H,9H2,1-3H3. The highest BCUT2D eigenvalue weighted by Crippen LogP contribution is 2.23. The summed E-state index contributed by atoms with van der Waals surface area (Å²) in [5, 5.41) is 2.96. The molecule has 3 nitrogen and oxygen atoms in total. The van der Waals surface area contributed by atoms with Gasteiger partial charge in [0.25, 0.3) is 0 Å². The Balaban J connectivity index is 2.71. The number of hydrogen-bond donors (Lipinski definition) is 2. The Morgan fingerprint density at radius 3 is 2.55 bits per heavy atom. The second-order valence-corrected chi connectivity index (χ2v) is 3.74. The molecular weight excluding hydrogens is 138 g/mol. The van der Waals surface area contributed by atoms with Crippen LogP contribution in [0.4, 0.5) is 0 Å². The Labute approximate surface area is 67.4 Å². The average Bonchev–Trinajstić information content (AvgIpc) is 1.86. The van der Waals surface area contributed by atoms with Gasteiger partial charge in [-0.1, -0.05) is 20.8 Å². The smallest absolute Gasteiger partial charge is 0.170 e. The Bertz CT molecular complexity index is 198. The second-order valence-electron chi connectivity index (χ2n) is 3.74. The first kappa shape index (κ1) is 8.27. The zero-order valence-corrected chi connectivity index (χ0v) is 7.26. The lowest BCUT2D eigenvalue weighted by Crippen LogP contribution is -2.35. The van der Waals surface area contributed by atoms with Gasteiger partial charge in [-0.25, -0.2) is 0 Å². The molecule has 1 aliphatic rings. The fourth-order valence-corrected chi connectivity index (χ4v) is 0.826. The van der Waals surface area contributed by atoms with Gasteiger partial charge in [0.15, 0.2) is 6.29 Å². The summed E-state index contributed by atoms with van der Waals surface area (Å²) in [6.45, 7) is 6.43. The highest BCUT2D eigenvalue weighted by atomic mass is 15.2. The van der Waals surface area contributed by atoms with E-state index in [2.05, 4.69) is 31.1 Å². The Morgan fingerprint density at radius 2 is 2.18 bits per heavy atom. The molecule has 0 aromatic rings. The van der Waals surface area contributed by atoms with Gasteiger partial charge in [-0.05, 0) is 11.0 Å². The van der Waals surface area contributed by atoms with Crippen LogP contribution < -0.4 is 11.1 Å². The predicted molar refractivity (Wildman–Crippen MR) is 47.1 cm³/mol. The fourth-order valence-electron chi connectivity index (χ4n) is 0.826. The van der Waals surface area contributed by atoms with Gasteiger partial charge in [-0.15, -0.1) is 0 Å². The maximum absolute atomic E-state index is 5.49. The lowest BCUT2D eigenvalue weighted by Gasteiger charge is -2.23. The van der Waals surface area contributed by atoms with E-state index in [4.69, 9.17) is 5.73 Å². The van der Waals surface area contributed by atoms with E-state index >= 15 is 0 Å². The maximum atomic E-state index is 5.49. The van der Waals surface area contributed by atoms with Crippen molar-refractivity contribution in [3.05, 3.63) is 11.8 Å². The third-order valence-electron chi connectivity index (χ3n) is 1.65. The summed E-state index contributed by atoms with van der Waals surface area (Å²) in [7, 11) is 0. The average molecular weight is 153 g/mol. The van der Waals surface area contributed by atoms with E-state index in [9.17, 15) is 0 Å². The van der Waals surface area contributed by atoms with Crippen molar-refractivity contribution in [3.8, 4) is 0 Å². The topological polar surface area (TPSA) is 50.4 Å². The third kappa shape index (κ3) is 2.05. The predicted octanol–water partition coefficient (Wildman–Crippen LogP) is 0.833. The van der Waals surface area contributed by atoms with Crippen molar-refractivity contribution in [1.29, 1.82) is 0 Å². The molecule has 0 saturated carbocycles. The fraction of sp³-hybridized carbons (Fsp3) is 0.625. The van der Waals surface area contributed by atoms with Crippen LogP contribution in [-0.2, 0) is 0 Å². The molecule has 0 bridgehead atoms. The minimum atomic E-state index is -0.263. The molecule has 1 unspecified atom stereocenters. The van der Waals surface area contributed by atoms with Gasteiger partial charge < -0.3 is 5.32 Å². The summed E-state index contributed by atoms with van der Waals surface area (Å²) in [5.74, 6) is 0. The molecule has 3 heteroatoms. The normalized spacial score (nSPS) is 24.4. The van der Waals surface area contributed by atoms with Crippen LogP contribution in [0.1, 0.15) is 20.8 Å². The molecule has 0 aromatic heterocycles. The van der Waals surface area contributed by atoms with Crippen LogP contribution in [0.25, 0.3) is 0 Å². The first-order chi connectivity index (χ1) is 5.00. The summed E-state index contributed by atoms with van der Waals surface area (Å²) >= 11 is 0. The SMILES string of the molecule is CC(C)(C)C1=CNC(N)N=C1.